The van der Waals surface area contributed by atoms with E-state index in [9.17, 15) is 14.7 Å². The molecular formula is C30H48O4. The maximum atomic E-state index is 13.4. The molecule has 7 atom stereocenters. The quantitative estimate of drug-likeness (QED) is 0.167. The Morgan fingerprint density at radius 2 is 1.79 bits per heavy atom. The van der Waals surface area contributed by atoms with Gasteiger partial charge in [-0.15, -0.1) is 0 Å². The van der Waals surface area contributed by atoms with Crippen LogP contribution in [0.25, 0.3) is 0 Å². The monoisotopic (exact) mass is 472 g/mol. The Labute approximate surface area is 207 Å². The summed E-state index contributed by atoms with van der Waals surface area (Å²) in [7, 11) is 0. The number of hydrogen-bond acceptors (Lipinski definition) is 3. The maximum absolute atomic E-state index is 13.4. The molecule has 0 aromatic rings. The normalized spacial score (nSPS) is 40.0. The molecule has 0 aromatic heterocycles. The van der Waals surface area contributed by atoms with Gasteiger partial charge in [0.25, 0.3) is 0 Å². The van der Waals surface area contributed by atoms with E-state index in [1.807, 2.05) is 0 Å². The Hall–Kier alpha value is -1.16. The van der Waals surface area contributed by atoms with Gasteiger partial charge < -0.3 is 14.6 Å². The van der Waals surface area contributed by atoms with Crippen LogP contribution in [0.1, 0.15) is 105 Å². The molecule has 192 valence electrons. The molecule has 3 fully saturated rings. The van der Waals surface area contributed by atoms with Gasteiger partial charge in [-0.25, -0.2) is 0 Å². The van der Waals surface area contributed by atoms with E-state index >= 15 is 0 Å². The van der Waals surface area contributed by atoms with Crippen LogP contribution in [0.15, 0.2) is 11.6 Å². The third kappa shape index (κ3) is 3.56. The summed E-state index contributed by atoms with van der Waals surface area (Å²) in [6.07, 6.45) is 17.2. The number of hydrogen-bond donors (Lipinski definition) is 1. The Bertz CT molecular complexity index is 787. The van der Waals surface area contributed by atoms with E-state index in [-0.39, 0.29) is 17.8 Å². The number of carbonyl (C=O) groups is 2. The number of aliphatic carboxylic acids is 1. The first-order valence-corrected chi connectivity index (χ1v) is 14.3. The minimum absolute atomic E-state index is 0.128. The lowest BCUT2D eigenvalue weighted by Crippen LogP contribution is -2.63. The molecule has 0 unspecified atom stereocenters. The lowest BCUT2D eigenvalue weighted by atomic mass is 9.43. The van der Waals surface area contributed by atoms with Gasteiger partial charge in [0.1, 0.15) is 11.7 Å². The number of carboxylic acid groups (broad SMARTS) is 1. The van der Waals surface area contributed by atoms with Crippen molar-refractivity contribution in [1.82, 2.24) is 0 Å². The second kappa shape index (κ2) is 10.1. The van der Waals surface area contributed by atoms with Gasteiger partial charge in [-0.3, -0.25) is 4.79 Å². The zero-order valence-corrected chi connectivity index (χ0v) is 22.1. The van der Waals surface area contributed by atoms with Gasteiger partial charge in [0, 0.05) is 12.0 Å². The second-order valence-corrected chi connectivity index (χ2v) is 12.5. The number of fused-ring (bicyclic) bond motifs is 2. The molecule has 0 aliphatic heterocycles. The summed E-state index contributed by atoms with van der Waals surface area (Å²) >= 11 is 0. The van der Waals surface area contributed by atoms with Gasteiger partial charge >= 0.3 is 5.97 Å². The summed E-state index contributed by atoms with van der Waals surface area (Å²) in [4.78, 5) is 26.4. The highest BCUT2D eigenvalue weighted by molar-refractivity contribution is 5.90. The first-order chi connectivity index (χ1) is 16.3. The van der Waals surface area contributed by atoms with Crippen molar-refractivity contribution in [3.63, 3.8) is 0 Å². The van der Waals surface area contributed by atoms with Crippen LogP contribution < -0.4 is 0 Å². The molecule has 3 saturated carbocycles. The summed E-state index contributed by atoms with van der Waals surface area (Å²) in [6.45, 7) is 9.97. The summed E-state index contributed by atoms with van der Waals surface area (Å²) in [5, 5.41) is 11.0. The molecule has 4 rings (SSSR count). The minimum atomic E-state index is -1.09. The number of allylic oxidation sites excluding steroid dienone is 1. The van der Waals surface area contributed by atoms with E-state index in [4.69, 9.17) is 4.74 Å². The maximum Gasteiger partial charge on any atom is 0.315 e. The van der Waals surface area contributed by atoms with Crippen molar-refractivity contribution in [2.24, 2.45) is 45.8 Å². The highest BCUT2D eigenvalue weighted by Gasteiger charge is 2.84. The second-order valence-electron chi connectivity index (χ2n) is 12.5. The molecule has 0 heterocycles. The van der Waals surface area contributed by atoms with Crippen molar-refractivity contribution >= 4 is 12.3 Å². The van der Waals surface area contributed by atoms with Crippen LogP contribution in [-0.2, 0) is 14.3 Å². The Morgan fingerprint density at radius 1 is 1.12 bits per heavy atom. The summed E-state index contributed by atoms with van der Waals surface area (Å²) in [5.74, 6) is 0.695. The van der Waals surface area contributed by atoms with Crippen molar-refractivity contribution in [2.45, 2.75) is 105 Å². The number of carboxylic acids is 1. The van der Waals surface area contributed by atoms with Gasteiger partial charge in [0.05, 0.1) is 12.0 Å². The van der Waals surface area contributed by atoms with Gasteiger partial charge in [-0.05, 0) is 55.3 Å². The molecule has 34 heavy (non-hydrogen) atoms. The number of ether oxygens (including phenoxy) is 1. The van der Waals surface area contributed by atoms with Crippen molar-refractivity contribution in [3.8, 4) is 0 Å². The molecule has 0 saturated heterocycles. The first-order valence-electron chi connectivity index (χ1n) is 14.3. The summed E-state index contributed by atoms with van der Waals surface area (Å²) in [6, 6.07) is 0. The van der Waals surface area contributed by atoms with Crippen LogP contribution in [0.4, 0.5) is 0 Å². The third-order valence-corrected chi connectivity index (χ3v) is 10.6. The van der Waals surface area contributed by atoms with Crippen LogP contribution >= 0.6 is 0 Å². The highest BCUT2D eigenvalue weighted by Crippen LogP contribution is 2.82. The Kier molecular flexibility index (Phi) is 7.68. The molecule has 4 nitrogen and oxygen atoms in total. The van der Waals surface area contributed by atoms with E-state index in [0.29, 0.717) is 31.5 Å². The Morgan fingerprint density at radius 3 is 2.41 bits per heavy atom. The lowest BCUT2D eigenvalue weighted by molar-refractivity contribution is -0.186. The van der Waals surface area contributed by atoms with Crippen LogP contribution in [0.3, 0.4) is 0 Å². The van der Waals surface area contributed by atoms with Crippen molar-refractivity contribution in [2.75, 3.05) is 13.2 Å². The predicted octanol–water partition coefficient (Wildman–Crippen LogP) is 7.07. The van der Waals surface area contributed by atoms with Crippen molar-refractivity contribution < 1.29 is 19.4 Å². The Balaban J connectivity index is 1.51. The average Bonchev–Trinajstić information content (AvgIpc) is 3.37. The molecule has 4 aliphatic rings. The predicted molar refractivity (Wildman–Crippen MR) is 135 cm³/mol. The number of carbonyl (C=O) groups excluding carboxylic acids is 1. The first kappa shape index (κ1) is 25.9. The molecule has 0 radical (unpaired) electrons. The van der Waals surface area contributed by atoms with Crippen LogP contribution in [-0.4, -0.2) is 30.6 Å². The van der Waals surface area contributed by atoms with E-state index in [1.54, 1.807) is 0 Å². The number of aldehydes is 1. The van der Waals surface area contributed by atoms with Gasteiger partial charge in [-0.1, -0.05) is 90.7 Å². The number of unbranched alkanes of at least 4 members (excludes halogenated alkanes) is 7. The molecule has 4 heteroatoms. The third-order valence-electron chi connectivity index (χ3n) is 10.6. The minimum Gasteiger partial charge on any atom is -0.481 e. The summed E-state index contributed by atoms with van der Waals surface area (Å²) in [5.41, 5.74) is -1.32. The fraction of sp³-hybridized carbons (Fsp3) is 0.867. The van der Waals surface area contributed by atoms with Crippen molar-refractivity contribution in [3.05, 3.63) is 11.6 Å². The van der Waals surface area contributed by atoms with Crippen LogP contribution in [0.5, 0.6) is 0 Å². The summed E-state index contributed by atoms with van der Waals surface area (Å²) < 4.78 is 6.38. The zero-order chi connectivity index (χ0) is 24.6. The fourth-order valence-corrected chi connectivity index (χ4v) is 9.23. The molecular weight excluding hydrogens is 424 g/mol. The van der Waals surface area contributed by atoms with Gasteiger partial charge in [0.15, 0.2) is 0 Å². The van der Waals surface area contributed by atoms with E-state index < -0.39 is 22.2 Å². The lowest BCUT2D eigenvalue weighted by Gasteiger charge is -2.58. The van der Waals surface area contributed by atoms with E-state index in [0.717, 1.165) is 37.5 Å². The molecule has 0 spiro atoms. The molecule has 4 aliphatic carbocycles. The molecule has 4 bridgehead atoms. The van der Waals surface area contributed by atoms with Crippen molar-refractivity contribution in [1.29, 1.82) is 0 Å². The average molecular weight is 473 g/mol. The molecule has 1 N–H and O–H groups in total. The standard InChI is InChI=1S/C30H48O4/c1-5-6-7-8-9-10-11-12-15-34-20-29-18-24-22(4)13-14-25(24)28(19-31)17-23(29)16-26(21(2)3)30(28,29)27(32)33/h16,19,21-25H,5-15,17-18,20H2,1-4H3,(H,32,33)/t22-,23+,24-,25-,28+,29+,30+/m0/s1. The molecule has 0 amide bonds. The van der Waals surface area contributed by atoms with Gasteiger partial charge in [-0.2, -0.15) is 0 Å². The molecule has 0 aromatic carbocycles. The fourth-order valence-electron chi connectivity index (χ4n) is 9.23. The van der Waals surface area contributed by atoms with Crippen LogP contribution in [0.2, 0.25) is 0 Å². The number of rotatable bonds is 14. The topological polar surface area (TPSA) is 63.6 Å². The largest absolute Gasteiger partial charge is 0.481 e. The zero-order valence-electron chi connectivity index (χ0n) is 22.1. The smallest absolute Gasteiger partial charge is 0.315 e. The van der Waals surface area contributed by atoms with Gasteiger partial charge in [0.2, 0.25) is 0 Å². The van der Waals surface area contributed by atoms with E-state index in [1.165, 1.54) is 44.9 Å². The van der Waals surface area contributed by atoms with E-state index in [2.05, 4.69) is 33.8 Å². The van der Waals surface area contributed by atoms with Crippen LogP contribution in [0, 0.1) is 45.8 Å². The SMILES string of the molecule is CCCCCCCCCCOC[C@]12C[C@H]3[C@@H](C)CC[C@@H]3[C@]3(C=O)C[C@H]1C=C(C(C)C)[C@]23C(=O)O. The highest BCUT2D eigenvalue weighted by atomic mass is 16.5.